The zero-order chi connectivity index (χ0) is 17.1. The first-order valence-electron chi connectivity index (χ1n) is 8.53. The normalized spacial score (nSPS) is 19.2. The SMILES string of the molecule is CC(C)[C@@H]1CN(C(c2ccc(Cl)cc2)c2ccc(Cl)cc2)CCN1. The minimum Gasteiger partial charge on any atom is -0.311 e. The van der Waals surface area contributed by atoms with Crippen LogP contribution in [0.3, 0.4) is 0 Å². The summed E-state index contributed by atoms with van der Waals surface area (Å²) in [5.41, 5.74) is 2.54. The summed E-state index contributed by atoms with van der Waals surface area (Å²) in [7, 11) is 0. The fourth-order valence-corrected chi connectivity index (χ4v) is 3.64. The van der Waals surface area contributed by atoms with Crippen molar-refractivity contribution in [3.05, 3.63) is 69.7 Å². The first-order chi connectivity index (χ1) is 11.5. The summed E-state index contributed by atoms with van der Waals surface area (Å²) >= 11 is 12.2. The molecule has 0 aliphatic carbocycles. The minimum atomic E-state index is 0.225. The maximum absolute atomic E-state index is 6.09. The van der Waals surface area contributed by atoms with Gasteiger partial charge >= 0.3 is 0 Å². The topological polar surface area (TPSA) is 15.3 Å². The van der Waals surface area contributed by atoms with Gasteiger partial charge in [0.1, 0.15) is 0 Å². The molecule has 24 heavy (non-hydrogen) atoms. The lowest BCUT2D eigenvalue weighted by Crippen LogP contribution is -2.53. The lowest BCUT2D eigenvalue weighted by molar-refractivity contribution is 0.144. The molecule has 1 fully saturated rings. The molecule has 0 amide bonds. The van der Waals surface area contributed by atoms with Gasteiger partial charge < -0.3 is 5.32 Å². The molecule has 0 spiro atoms. The summed E-state index contributed by atoms with van der Waals surface area (Å²) in [6.07, 6.45) is 0. The van der Waals surface area contributed by atoms with Crippen LogP contribution in [0.1, 0.15) is 31.0 Å². The summed E-state index contributed by atoms with van der Waals surface area (Å²) in [4.78, 5) is 2.56. The Morgan fingerprint density at radius 1 is 0.917 bits per heavy atom. The summed E-state index contributed by atoms with van der Waals surface area (Å²) in [6.45, 7) is 7.63. The highest BCUT2D eigenvalue weighted by atomic mass is 35.5. The van der Waals surface area contributed by atoms with Gasteiger partial charge in [0, 0.05) is 35.7 Å². The van der Waals surface area contributed by atoms with E-state index in [1.165, 1.54) is 11.1 Å². The van der Waals surface area contributed by atoms with Gasteiger partial charge in [-0.25, -0.2) is 0 Å². The highest BCUT2D eigenvalue weighted by Gasteiger charge is 2.29. The zero-order valence-electron chi connectivity index (χ0n) is 14.2. The van der Waals surface area contributed by atoms with E-state index in [0.29, 0.717) is 12.0 Å². The molecule has 1 saturated heterocycles. The fourth-order valence-electron chi connectivity index (χ4n) is 3.39. The predicted molar refractivity (Wildman–Crippen MR) is 103 cm³/mol. The molecule has 1 N–H and O–H groups in total. The number of benzene rings is 2. The molecular weight excluding hydrogens is 339 g/mol. The Morgan fingerprint density at radius 3 is 1.88 bits per heavy atom. The third kappa shape index (κ3) is 4.12. The lowest BCUT2D eigenvalue weighted by atomic mass is 9.94. The van der Waals surface area contributed by atoms with Gasteiger partial charge in [-0.3, -0.25) is 4.90 Å². The number of hydrogen-bond donors (Lipinski definition) is 1. The van der Waals surface area contributed by atoms with Crippen LogP contribution in [-0.2, 0) is 0 Å². The average molecular weight is 363 g/mol. The van der Waals surface area contributed by atoms with E-state index in [-0.39, 0.29) is 6.04 Å². The first kappa shape index (κ1) is 17.8. The molecule has 3 rings (SSSR count). The smallest absolute Gasteiger partial charge is 0.0602 e. The van der Waals surface area contributed by atoms with Gasteiger partial charge in [0.2, 0.25) is 0 Å². The molecule has 128 valence electrons. The number of halogens is 2. The molecule has 4 heteroatoms. The molecule has 0 aromatic heterocycles. The van der Waals surface area contributed by atoms with E-state index in [1.807, 2.05) is 24.3 Å². The van der Waals surface area contributed by atoms with E-state index in [9.17, 15) is 0 Å². The highest BCUT2D eigenvalue weighted by Crippen LogP contribution is 2.31. The molecule has 0 bridgehead atoms. The van der Waals surface area contributed by atoms with E-state index in [0.717, 1.165) is 29.7 Å². The number of rotatable bonds is 4. The quantitative estimate of drug-likeness (QED) is 0.821. The second-order valence-corrected chi connectivity index (χ2v) is 7.68. The van der Waals surface area contributed by atoms with E-state index in [1.54, 1.807) is 0 Å². The van der Waals surface area contributed by atoms with E-state index in [2.05, 4.69) is 48.3 Å². The van der Waals surface area contributed by atoms with Crippen molar-refractivity contribution in [1.29, 1.82) is 0 Å². The van der Waals surface area contributed by atoms with Crippen molar-refractivity contribution in [1.82, 2.24) is 10.2 Å². The minimum absolute atomic E-state index is 0.225. The van der Waals surface area contributed by atoms with Crippen molar-refractivity contribution in [3.63, 3.8) is 0 Å². The van der Waals surface area contributed by atoms with Crippen molar-refractivity contribution in [2.24, 2.45) is 5.92 Å². The standard InChI is InChI=1S/C20H24Cl2N2/c1-14(2)19-13-24(12-11-23-19)20(15-3-7-17(21)8-4-15)16-5-9-18(22)10-6-16/h3-10,14,19-20,23H,11-13H2,1-2H3/t19-/m0/s1. The van der Waals surface area contributed by atoms with Crippen molar-refractivity contribution in [3.8, 4) is 0 Å². The number of hydrogen-bond acceptors (Lipinski definition) is 2. The highest BCUT2D eigenvalue weighted by molar-refractivity contribution is 6.30. The van der Waals surface area contributed by atoms with Crippen molar-refractivity contribution < 1.29 is 0 Å². The summed E-state index contributed by atoms with van der Waals surface area (Å²) < 4.78 is 0. The molecule has 1 aliphatic heterocycles. The number of piperazine rings is 1. The Hall–Kier alpha value is -1.06. The Morgan fingerprint density at radius 2 is 1.42 bits per heavy atom. The average Bonchev–Trinajstić information content (AvgIpc) is 2.59. The Kier molecular flexibility index (Phi) is 5.83. The molecule has 0 saturated carbocycles. The third-order valence-corrected chi connectivity index (χ3v) is 5.28. The van der Waals surface area contributed by atoms with Gasteiger partial charge in [-0.2, -0.15) is 0 Å². The maximum atomic E-state index is 6.09. The van der Waals surface area contributed by atoms with E-state index < -0.39 is 0 Å². The van der Waals surface area contributed by atoms with Crippen LogP contribution >= 0.6 is 23.2 Å². The predicted octanol–water partition coefficient (Wildman–Crippen LogP) is 5.01. The van der Waals surface area contributed by atoms with Gasteiger partial charge in [0.15, 0.2) is 0 Å². The zero-order valence-corrected chi connectivity index (χ0v) is 15.7. The van der Waals surface area contributed by atoms with Crippen LogP contribution in [0.4, 0.5) is 0 Å². The van der Waals surface area contributed by atoms with Crippen LogP contribution in [0.5, 0.6) is 0 Å². The molecular formula is C20H24Cl2N2. The first-order valence-corrected chi connectivity index (χ1v) is 9.28. The van der Waals surface area contributed by atoms with Crippen LogP contribution in [-0.4, -0.2) is 30.6 Å². The maximum Gasteiger partial charge on any atom is 0.0602 e. The Balaban J connectivity index is 1.95. The molecule has 1 atom stereocenters. The molecule has 1 heterocycles. The van der Waals surface area contributed by atoms with E-state index in [4.69, 9.17) is 23.2 Å². The van der Waals surface area contributed by atoms with Gasteiger partial charge in [-0.1, -0.05) is 61.3 Å². The largest absolute Gasteiger partial charge is 0.311 e. The van der Waals surface area contributed by atoms with Gasteiger partial charge in [0.25, 0.3) is 0 Å². The molecule has 1 aliphatic rings. The van der Waals surface area contributed by atoms with Crippen LogP contribution in [0.2, 0.25) is 10.0 Å². The van der Waals surface area contributed by atoms with Gasteiger partial charge in [0.05, 0.1) is 6.04 Å². The van der Waals surface area contributed by atoms with E-state index >= 15 is 0 Å². The van der Waals surface area contributed by atoms with Crippen molar-refractivity contribution >= 4 is 23.2 Å². The molecule has 0 radical (unpaired) electrons. The van der Waals surface area contributed by atoms with Crippen LogP contribution in [0.25, 0.3) is 0 Å². The lowest BCUT2D eigenvalue weighted by Gasteiger charge is -2.40. The van der Waals surface area contributed by atoms with Gasteiger partial charge in [-0.15, -0.1) is 0 Å². The Bertz CT molecular complexity index is 607. The third-order valence-electron chi connectivity index (χ3n) is 4.78. The van der Waals surface area contributed by atoms with Gasteiger partial charge in [-0.05, 0) is 41.3 Å². The summed E-state index contributed by atoms with van der Waals surface area (Å²) in [5.74, 6) is 0.615. The van der Waals surface area contributed by atoms with Crippen LogP contribution in [0, 0.1) is 5.92 Å². The van der Waals surface area contributed by atoms with Crippen LogP contribution in [0.15, 0.2) is 48.5 Å². The summed E-state index contributed by atoms with van der Waals surface area (Å²) in [6, 6.07) is 17.2. The Labute approximate surface area is 154 Å². The van der Waals surface area contributed by atoms with Crippen LogP contribution < -0.4 is 5.32 Å². The van der Waals surface area contributed by atoms with Crippen molar-refractivity contribution in [2.45, 2.75) is 25.9 Å². The molecule has 2 aromatic carbocycles. The number of nitrogens with zero attached hydrogens (tertiary/aromatic N) is 1. The summed E-state index contributed by atoms with van der Waals surface area (Å²) in [5, 5.41) is 5.19. The second kappa shape index (κ2) is 7.88. The number of nitrogens with one attached hydrogen (secondary N) is 1. The van der Waals surface area contributed by atoms with Crippen molar-refractivity contribution in [2.75, 3.05) is 19.6 Å². The monoisotopic (exact) mass is 362 g/mol. The molecule has 0 unspecified atom stereocenters. The fraction of sp³-hybridized carbons (Fsp3) is 0.400. The second-order valence-electron chi connectivity index (χ2n) is 6.81. The molecule has 2 nitrogen and oxygen atoms in total. The molecule has 2 aromatic rings.